The number of hydrogen-bond donors (Lipinski definition) is 2. The van der Waals surface area contributed by atoms with Crippen molar-refractivity contribution < 1.29 is 9.53 Å². The number of amides is 1. The Morgan fingerprint density at radius 2 is 1.92 bits per heavy atom. The molecule has 0 unspecified atom stereocenters. The lowest BCUT2D eigenvalue weighted by atomic mass is 10.1. The molecule has 0 bridgehead atoms. The van der Waals surface area contributed by atoms with E-state index >= 15 is 0 Å². The van der Waals surface area contributed by atoms with Gasteiger partial charge in [-0.05, 0) is 49.0 Å². The summed E-state index contributed by atoms with van der Waals surface area (Å²) in [6.07, 6.45) is 0. The van der Waals surface area contributed by atoms with Gasteiger partial charge in [-0.25, -0.2) is 0 Å². The minimum atomic E-state index is -0.147. The molecule has 0 heterocycles. The van der Waals surface area contributed by atoms with Gasteiger partial charge in [0.05, 0.1) is 6.61 Å². The summed E-state index contributed by atoms with van der Waals surface area (Å²) in [7, 11) is 3.79. The van der Waals surface area contributed by atoms with Gasteiger partial charge in [0.25, 0.3) is 5.91 Å². The number of anilines is 1. The highest BCUT2D eigenvalue weighted by atomic mass is 35.5. The van der Waals surface area contributed by atoms with Gasteiger partial charge >= 0.3 is 0 Å². The normalized spacial score (nSPS) is 10.9. The zero-order valence-corrected chi connectivity index (χ0v) is 16.1. The molecule has 2 aromatic rings. The van der Waals surface area contributed by atoms with Crippen molar-refractivity contribution in [3.63, 3.8) is 0 Å². The van der Waals surface area contributed by atoms with Crippen molar-refractivity contribution in [2.45, 2.75) is 6.54 Å². The van der Waals surface area contributed by atoms with Crippen molar-refractivity contribution in [1.29, 1.82) is 0 Å². The summed E-state index contributed by atoms with van der Waals surface area (Å²) in [4.78, 5) is 14.5. The fourth-order valence-corrected chi connectivity index (χ4v) is 2.55. The van der Waals surface area contributed by atoms with E-state index in [9.17, 15) is 4.79 Å². The second-order valence-corrected chi connectivity index (χ2v) is 6.57. The Morgan fingerprint density at radius 3 is 2.65 bits per heavy atom. The average molecular weight is 376 g/mol. The molecule has 140 valence electrons. The number of ether oxygens (including phenoxy) is 1. The van der Waals surface area contributed by atoms with Gasteiger partial charge in [-0.1, -0.05) is 23.7 Å². The van der Waals surface area contributed by atoms with E-state index in [1.807, 2.05) is 24.3 Å². The highest BCUT2D eigenvalue weighted by Crippen LogP contribution is 2.14. The third kappa shape index (κ3) is 7.14. The maximum absolute atomic E-state index is 12.3. The van der Waals surface area contributed by atoms with Crippen LogP contribution < -0.4 is 10.6 Å². The lowest BCUT2D eigenvalue weighted by Crippen LogP contribution is -2.31. The quantitative estimate of drug-likeness (QED) is 0.626. The summed E-state index contributed by atoms with van der Waals surface area (Å²) in [6.45, 7) is 4.26. The highest BCUT2D eigenvalue weighted by molar-refractivity contribution is 6.30. The number of carbonyl (C=O) groups is 1. The molecule has 0 aliphatic rings. The van der Waals surface area contributed by atoms with Gasteiger partial charge in [-0.3, -0.25) is 4.79 Å². The maximum atomic E-state index is 12.3. The van der Waals surface area contributed by atoms with Crippen molar-refractivity contribution in [3.8, 4) is 0 Å². The molecule has 0 spiro atoms. The molecule has 0 aliphatic heterocycles. The zero-order valence-electron chi connectivity index (χ0n) is 15.3. The number of nitrogens with one attached hydrogen (secondary N) is 2. The van der Waals surface area contributed by atoms with Crippen LogP contribution in [0.2, 0.25) is 5.02 Å². The van der Waals surface area contributed by atoms with Gasteiger partial charge in [0.1, 0.15) is 0 Å². The summed E-state index contributed by atoms with van der Waals surface area (Å²) < 4.78 is 5.07. The molecule has 26 heavy (non-hydrogen) atoms. The van der Waals surface area contributed by atoms with Crippen LogP contribution in [0.4, 0.5) is 5.69 Å². The molecule has 0 saturated carbocycles. The van der Waals surface area contributed by atoms with Crippen molar-refractivity contribution in [2.75, 3.05) is 45.7 Å². The molecule has 6 heteroatoms. The predicted molar refractivity (Wildman–Crippen MR) is 107 cm³/mol. The van der Waals surface area contributed by atoms with Crippen molar-refractivity contribution in [1.82, 2.24) is 10.2 Å². The van der Waals surface area contributed by atoms with Crippen LogP contribution in [0.1, 0.15) is 15.9 Å². The van der Waals surface area contributed by atoms with E-state index in [2.05, 4.69) is 22.6 Å². The van der Waals surface area contributed by atoms with Crippen molar-refractivity contribution in [3.05, 3.63) is 64.7 Å². The summed E-state index contributed by atoms with van der Waals surface area (Å²) in [5, 5.41) is 6.95. The number of methoxy groups -OCH3 is 1. The van der Waals surface area contributed by atoms with Gasteiger partial charge in [0.15, 0.2) is 0 Å². The monoisotopic (exact) mass is 375 g/mol. The zero-order chi connectivity index (χ0) is 18.8. The molecule has 2 aromatic carbocycles. The van der Waals surface area contributed by atoms with Crippen LogP contribution in [-0.4, -0.2) is 51.2 Å². The highest BCUT2D eigenvalue weighted by Gasteiger charge is 2.06. The molecular weight excluding hydrogens is 350 g/mol. The smallest absolute Gasteiger partial charge is 0.255 e. The molecular formula is C20H26ClN3O2. The van der Waals surface area contributed by atoms with Gasteiger partial charge < -0.3 is 20.3 Å². The molecule has 0 aliphatic carbocycles. The van der Waals surface area contributed by atoms with E-state index in [1.54, 1.807) is 31.4 Å². The Labute approximate surface area is 160 Å². The van der Waals surface area contributed by atoms with Crippen LogP contribution in [0, 0.1) is 0 Å². The van der Waals surface area contributed by atoms with E-state index in [4.69, 9.17) is 16.3 Å². The van der Waals surface area contributed by atoms with E-state index in [-0.39, 0.29) is 5.91 Å². The van der Waals surface area contributed by atoms with Crippen molar-refractivity contribution >= 4 is 23.2 Å². The summed E-state index contributed by atoms with van der Waals surface area (Å²) >= 11 is 5.85. The average Bonchev–Trinajstić information content (AvgIpc) is 2.64. The SMILES string of the molecule is COCCN(C)CCNCc1cccc(NC(=O)c2ccc(Cl)cc2)c1. The Kier molecular flexibility index (Phi) is 8.58. The number of rotatable bonds is 10. The van der Waals surface area contributed by atoms with E-state index in [0.29, 0.717) is 10.6 Å². The number of hydrogen-bond acceptors (Lipinski definition) is 4. The van der Waals surface area contributed by atoms with Crippen molar-refractivity contribution in [2.24, 2.45) is 0 Å². The van der Waals surface area contributed by atoms with Crippen LogP contribution in [0.15, 0.2) is 48.5 Å². The lowest BCUT2D eigenvalue weighted by molar-refractivity contribution is 0.102. The fraction of sp³-hybridized carbons (Fsp3) is 0.350. The second-order valence-electron chi connectivity index (χ2n) is 6.13. The molecule has 0 saturated heterocycles. The number of likely N-dealkylation sites (N-methyl/N-ethyl adjacent to an activating group) is 1. The molecule has 0 atom stereocenters. The minimum absolute atomic E-state index is 0.147. The number of nitrogens with zero attached hydrogens (tertiary/aromatic N) is 1. The first-order valence-electron chi connectivity index (χ1n) is 8.62. The number of benzene rings is 2. The fourth-order valence-electron chi connectivity index (χ4n) is 2.43. The largest absolute Gasteiger partial charge is 0.383 e. The Morgan fingerprint density at radius 1 is 1.15 bits per heavy atom. The van der Waals surface area contributed by atoms with Gasteiger partial charge in [0, 0.05) is 49.6 Å². The molecule has 1 amide bonds. The molecule has 0 radical (unpaired) electrons. The van der Waals surface area contributed by atoms with Crippen LogP contribution in [0.25, 0.3) is 0 Å². The van der Waals surface area contributed by atoms with Gasteiger partial charge in [-0.15, -0.1) is 0 Å². The molecule has 0 fully saturated rings. The third-order valence-electron chi connectivity index (χ3n) is 3.97. The Hall–Kier alpha value is -1.92. The summed E-state index contributed by atoms with van der Waals surface area (Å²) in [5.41, 5.74) is 2.48. The first kappa shape index (κ1) is 20.4. The summed E-state index contributed by atoms with van der Waals surface area (Å²) in [5.74, 6) is -0.147. The van der Waals surface area contributed by atoms with Crippen LogP contribution in [0.5, 0.6) is 0 Å². The topological polar surface area (TPSA) is 53.6 Å². The third-order valence-corrected chi connectivity index (χ3v) is 4.22. The molecule has 2 rings (SSSR count). The summed E-state index contributed by atoms with van der Waals surface area (Å²) in [6, 6.07) is 14.7. The first-order valence-corrected chi connectivity index (χ1v) is 9.00. The molecule has 5 nitrogen and oxygen atoms in total. The van der Waals surface area contributed by atoms with Crippen LogP contribution in [-0.2, 0) is 11.3 Å². The lowest BCUT2D eigenvalue weighted by Gasteiger charge is -2.16. The Balaban J connectivity index is 1.80. The number of halogens is 1. The van der Waals surface area contributed by atoms with E-state index in [1.165, 1.54) is 0 Å². The van der Waals surface area contributed by atoms with Gasteiger partial charge in [0.2, 0.25) is 0 Å². The maximum Gasteiger partial charge on any atom is 0.255 e. The Bertz CT molecular complexity index is 692. The molecule has 2 N–H and O–H groups in total. The van der Waals surface area contributed by atoms with E-state index < -0.39 is 0 Å². The minimum Gasteiger partial charge on any atom is -0.383 e. The van der Waals surface area contributed by atoms with E-state index in [0.717, 1.165) is 44.0 Å². The molecule has 0 aromatic heterocycles. The second kappa shape index (κ2) is 10.9. The predicted octanol–water partition coefficient (Wildman–Crippen LogP) is 3.26. The standard InChI is InChI=1S/C20H26ClN3O2/c1-24(12-13-26-2)11-10-22-15-16-4-3-5-19(14-16)23-20(25)17-6-8-18(21)9-7-17/h3-9,14,22H,10-13,15H2,1-2H3,(H,23,25). The van der Waals surface area contributed by atoms with Crippen LogP contribution >= 0.6 is 11.6 Å². The van der Waals surface area contributed by atoms with Gasteiger partial charge in [-0.2, -0.15) is 0 Å². The first-order chi connectivity index (χ1) is 12.6. The number of carbonyl (C=O) groups excluding carboxylic acids is 1. The van der Waals surface area contributed by atoms with Crippen LogP contribution in [0.3, 0.4) is 0 Å².